The number of nitrogens with zero attached hydrogens (tertiary/aromatic N) is 2. The number of thiazole rings is 1. The molecule has 1 amide bonds. The molecular weight excluding hydrogens is 358 g/mol. The first-order chi connectivity index (χ1) is 13.2. The molecule has 0 atom stereocenters. The highest BCUT2D eigenvalue weighted by atomic mass is 32.1. The van der Waals surface area contributed by atoms with E-state index in [1.54, 1.807) is 7.11 Å². The number of anilines is 1. The van der Waals surface area contributed by atoms with Gasteiger partial charge in [0, 0.05) is 13.7 Å². The highest BCUT2D eigenvalue weighted by Gasteiger charge is 2.13. The maximum Gasteiger partial charge on any atom is 0.240 e. The number of fused-ring (bicyclic) bond motifs is 1. The summed E-state index contributed by atoms with van der Waals surface area (Å²) in [6.45, 7) is 2.54. The number of ether oxygens (including phenoxy) is 1. The Labute approximate surface area is 164 Å². The van der Waals surface area contributed by atoms with Gasteiger partial charge in [-0.15, -0.1) is 0 Å². The number of hydrogen-bond acceptors (Lipinski definition) is 5. The number of benzene rings is 2. The van der Waals surface area contributed by atoms with Crippen molar-refractivity contribution in [2.45, 2.75) is 12.8 Å². The minimum absolute atomic E-state index is 0.0372. The van der Waals surface area contributed by atoms with E-state index in [1.165, 1.54) is 16.9 Å². The summed E-state index contributed by atoms with van der Waals surface area (Å²) in [7, 11) is 1.68. The van der Waals surface area contributed by atoms with Gasteiger partial charge in [0.2, 0.25) is 5.91 Å². The predicted octanol–water partition coefficient (Wildman–Crippen LogP) is 3.82. The molecule has 1 N–H and O–H groups in total. The molecule has 3 aromatic rings. The molecule has 0 fully saturated rings. The number of aromatic nitrogens is 1. The third-order valence-electron chi connectivity index (χ3n) is 4.30. The summed E-state index contributed by atoms with van der Waals surface area (Å²) in [4.78, 5) is 19.1. The molecule has 0 saturated heterocycles. The number of methoxy groups -OCH3 is 1. The number of rotatable bonds is 10. The average Bonchev–Trinajstić information content (AvgIpc) is 3.08. The standard InChI is InChI=1S/C21H25N3O2S/c1-26-15-14-24(13-7-10-17-8-3-2-4-9-17)16-20(25)23-21-22-18-11-5-6-12-19(18)27-21/h2-6,8-9,11-12H,7,10,13-16H2,1H3,(H,22,23,25). The van der Waals surface area contributed by atoms with Gasteiger partial charge >= 0.3 is 0 Å². The van der Waals surface area contributed by atoms with Crippen LogP contribution >= 0.6 is 11.3 Å². The quantitative estimate of drug-likeness (QED) is 0.578. The van der Waals surface area contributed by atoms with Crippen molar-refractivity contribution in [3.63, 3.8) is 0 Å². The van der Waals surface area contributed by atoms with Gasteiger partial charge in [-0.3, -0.25) is 9.69 Å². The van der Waals surface area contributed by atoms with Crippen molar-refractivity contribution in [3.8, 4) is 0 Å². The van der Waals surface area contributed by atoms with E-state index in [0.29, 0.717) is 18.3 Å². The first-order valence-corrected chi connectivity index (χ1v) is 9.97. The Hall–Kier alpha value is -2.28. The monoisotopic (exact) mass is 383 g/mol. The van der Waals surface area contributed by atoms with E-state index in [0.717, 1.165) is 36.1 Å². The van der Waals surface area contributed by atoms with Crippen molar-refractivity contribution in [3.05, 3.63) is 60.2 Å². The zero-order chi connectivity index (χ0) is 18.9. The molecule has 0 aliphatic rings. The second kappa shape index (κ2) is 10.2. The Kier molecular flexibility index (Phi) is 7.33. The maximum atomic E-state index is 12.5. The molecule has 0 spiro atoms. The van der Waals surface area contributed by atoms with E-state index in [4.69, 9.17) is 4.74 Å². The third kappa shape index (κ3) is 6.13. The highest BCUT2D eigenvalue weighted by molar-refractivity contribution is 7.22. The smallest absolute Gasteiger partial charge is 0.240 e. The van der Waals surface area contributed by atoms with Gasteiger partial charge in [-0.1, -0.05) is 53.8 Å². The van der Waals surface area contributed by atoms with Crippen LogP contribution in [0.3, 0.4) is 0 Å². The van der Waals surface area contributed by atoms with E-state index < -0.39 is 0 Å². The van der Waals surface area contributed by atoms with E-state index in [1.807, 2.05) is 30.3 Å². The number of para-hydroxylation sites is 1. The number of hydrogen-bond donors (Lipinski definition) is 1. The Morgan fingerprint density at radius 2 is 1.89 bits per heavy atom. The number of amides is 1. The summed E-state index contributed by atoms with van der Waals surface area (Å²) in [5.74, 6) is -0.0372. The van der Waals surface area contributed by atoms with Crippen molar-refractivity contribution in [2.75, 3.05) is 38.7 Å². The van der Waals surface area contributed by atoms with E-state index >= 15 is 0 Å². The molecule has 3 rings (SSSR count). The molecule has 142 valence electrons. The van der Waals surface area contributed by atoms with Crippen LogP contribution in [0.2, 0.25) is 0 Å². The maximum absolute atomic E-state index is 12.5. The highest BCUT2D eigenvalue weighted by Crippen LogP contribution is 2.25. The summed E-state index contributed by atoms with van der Waals surface area (Å²) < 4.78 is 6.27. The second-order valence-corrected chi connectivity index (χ2v) is 7.42. The van der Waals surface area contributed by atoms with Gasteiger partial charge < -0.3 is 10.1 Å². The van der Waals surface area contributed by atoms with Crippen molar-refractivity contribution in [2.24, 2.45) is 0 Å². The fourth-order valence-corrected chi connectivity index (χ4v) is 3.81. The van der Waals surface area contributed by atoms with Crippen molar-refractivity contribution < 1.29 is 9.53 Å². The van der Waals surface area contributed by atoms with E-state index in [2.05, 4.69) is 39.5 Å². The molecular formula is C21H25N3O2S. The van der Waals surface area contributed by atoms with Gasteiger partial charge in [0.15, 0.2) is 5.13 Å². The van der Waals surface area contributed by atoms with Crippen LogP contribution in [0.15, 0.2) is 54.6 Å². The Morgan fingerprint density at radius 3 is 2.67 bits per heavy atom. The summed E-state index contributed by atoms with van der Waals surface area (Å²) in [6.07, 6.45) is 2.01. The van der Waals surface area contributed by atoms with Crippen LogP contribution in [0.1, 0.15) is 12.0 Å². The molecule has 0 aliphatic carbocycles. The largest absolute Gasteiger partial charge is 0.383 e. The fraction of sp³-hybridized carbons (Fsp3) is 0.333. The first kappa shape index (κ1) is 19.5. The number of aryl methyl sites for hydroxylation is 1. The molecule has 0 saturated carbocycles. The lowest BCUT2D eigenvalue weighted by atomic mass is 10.1. The Morgan fingerprint density at radius 1 is 1.11 bits per heavy atom. The molecule has 5 nitrogen and oxygen atoms in total. The third-order valence-corrected chi connectivity index (χ3v) is 5.25. The number of carbonyl (C=O) groups excluding carboxylic acids is 1. The van der Waals surface area contributed by atoms with Crippen molar-refractivity contribution in [1.82, 2.24) is 9.88 Å². The lowest BCUT2D eigenvalue weighted by Crippen LogP contribution is -2.36. The molecule has 1 aromatic heterocycles. The van der Waals surface area contributed by atoms with Gasteiger partial charge in [0.1, 0.15) is 0 Å². The summed E-state index contributed by atoms with van der Waals surface area (Å²) in [5.41, 5.74) is 2.24. The van der Waals surface area contributed by atoms with Gasteiger partial charge in [0.05, 0.1) is 23.4 Å². The van der Waals surface area contributed by atoms with E-state index in [9.17, 15) is 4.79 Å². The predicted molar refractivity (Wildman–Crippen MR) is 111 cm³/mol. The summed E-state index contributed by atoms with van der Waals surface area (Å²) >= 11 is 1.50. The normalized spacial score (nSPS) is 11.2. The topological polar surface area (TPSA) is 54.5 Å². The van der Waals surface area contributed by atoms with Gasteiger partial charge in [-0.2, -0.15) is 0 Å². The molecule has 0 aliphatic heterocycles. The number of nitrogens with one attached hydrogen (secondary N) is 1. The SMILES string of the molecule is COCCN(CCCc1ccccc1)CC(=O)Nc1nc2ccccc2s1. The molecule has 6 heteroatoms. The van der Waals surface area contributed by atoms with Gasteiger partial charge in [-0.05, 0) is 37.1 Å². The van der Waals surface area contributed by atoms with Crippen LogP contribution in [-0.2, 0) is 16.0 Å². The van der Waals surface area contributed by atoms with Crippen LogP contribution in [0.4, 0.5) is 5.13 Å². The Balaban J connectivity index is 1.51. The van der Waals surface area contributed by atoms with Crippen LogP contribution in [0.25, 0.3) is 10.2 Å². The zero-order valence-electron chi connectivity index (χ0n) is 15.6. The minimum Gasteiger partial charge on any atom is -0.383 e. The zero-order valence-corrected chi connectivity index (χ0v) is 16.4. The first-order valence-electron chi connectivity index (χ1n) is 9.15. The Bertz CT molecular complexity index is 818. The molecule has 27 heavy (non-hydrogen) atoms. The van der Waals surface area contributed by atoms with Gasteiger partial charge in [0.25, 0.3) is 0 Å². The van der Waals surface area contributed by atoms with Crippen molar-refractivity contribution in [1.29, 1.82) is 0 Å². The van der Waals surface area contributed by atoms with Crippen molar-refractivity contribution >= 4 is 32.6 Å². The molecule has 1 heterocycles. The molecule has 0 bridgehead atoms. The molecule has 2 aromatic carbocycles. The lowest BCUT2D eigenvalue weighted by Gasteiger charge is -2.21. The summed E-state index contributed by atoms with van der Waals surface area (Å²) in [6, 6.07) is 18.3. The van der Waals surface area contributed by atoms with E-state index in [-0.39, 0.29) is 5.91 Å². The lowest BCUT2D eigenvalue weighted by molar-refractivity contribution is -0.117. The van der Waals surface area contributed by atoms with Crippen LogP contribution < -0.4 is 5.32 Å². The minimum atomic E-state index is -0.0372. The average molecular weight is 384 g/mol. The summed E-state index contributed by atoms with van der Waals surface area (Å²) in [5, 5.41) is 3.58. The fourth-order valence-electron chi connectivity index (χ4n) is 2.93. The van der Waals surface area contributed by atoms with Gasteiger partial charge in [-0.25, -0.2) is 4.98 Å². The molecule has 0 radical (unpaired) electrons. The van der Waals surface area contributed by atoms with Crippen LogP contribution in [0.5, 0.6) is 0 Å². The second-order valence-electron chi connectivity index (χ2n) is 6.39. The van der Waals surface area contributed by atoms with Crippen LogP contribution in [-0.4, -0.2) is 49.1 Å². The van der Waals surface area contributed by atoms with Crippen LogP contribution in [0, 0.1) is 0 Å². The molecule has 0 unspecified atom stereocenters. The number of carbonyl (C=O) groups is 1.